The van der Waals surface area contributed by atoms with E-state index in [1.807, 2.05) is 18.2 Å². The zero-order valence-electron chi connectivity index (χ0n) is 11.0. The monoisotopic (exact) mass is 246 g/mol. The van der Waals surface area contributed by atoms with Gasteiger partial charge in [0.2, 0.25) is 5.91 Å². The molecule has 98 valence electrons. The average Bonchev–Trinajstić information content (AvgIpc) is 2.39. The molecule has 3 nitrogen and oxygen atoms in total. The molecule has 3 heteroatoms. The molecule has 1 aliphatic carbocycles. The van der Waals surface area contributed by atoms with Gasteiger partial charge >= 0.3 is 0 Å². The van der Waals surface area contributed by atoms with E-state index in [0.717, 1.165) is 37.8 Å². The molecule has 0 heterocycles. The molecule has 1 fully saturated rings. The minimum Gasteiger partial charge on any atom is -0.327 e. The van der Waals surface area contributed by atoms with Crippen LogP contribution in [0.3, 0.4) is 0 Å². The molecule has 2 rings (SSSR count). The van der Waals surface area contributed by atoms with Gasteiger partial charge in [-0.05, 0) is 30.9 Å². The van der Waals surface area contributed by atoms with Crippen LogP contribution in [0.5, 0.6) is 0 Å². The zero-order valence-corrected chi connectivity index (χ0v) is 11.0. The van der Waals surface area contributed by atoms with Crippen LogP contribution in [0, 0.1) is 5.92 Å². The van der Waals surface area contributed by atoms with Crippen LogP contribution in [0.15, 0.2) is 24.3 Å². The summed E-state index contributed by atoms with van der Waals surface area (Å²) in [7, 11) is 0. The topological polar surface area (TPSA) is 55.1 Å². The summed E-state index contributed by atoms with van der Waals surface area (Å²) < 4.78 is 0. The maximum Gasteiger partial charge on any atom is 0.229 e. The molecule has 2 atom stereocenters. The molecule has 0 saturated heterocycles. The highest BCUT2D eigenvalue weighted by Gasteiger charge is 2.28. The van der Waals surface area contributed by atoms with Crippen LogP contribution in [0.4, 0.5) is 5.69 Å². The van der Waals surface area contributed by atoms with Gasteiger partial charge in [0.25, 0.3) is 0 Å². The Hall–Kier alpha value is -1.35. The van der Waals surface area contributed by atoms with Crippen molar-refractivity contribution in [3.05, 3.63) is 29.8 Å². The van der Waals surface area contributed by atoms with E-state index in [2.05, 4.69) is 18.3 Å². The smallest absolute Gasteiger partial charge is 0.229 e. The van der Waals surface area contributed by atoms with Gasteiger partial charge in [0.05, 0.1) is 5.92 Å². The zero-order chi connectivity index (χ0) is 13.0. The van der Waals surface area contributed by atoms with Gasteiger partial charge in [-0.2, -0.15) is 0 Å². The lowest BCUT2D eigenvalue weighted by Gasteiger charge is -2.27. The summed E-state index contributed by atoms with van der Waals surface area (Å²) in [5, 5.41) is 3.04. The Morgan fingerprint density at radius 3 is 2.78 bits per heavy atom. The number of hydrogen-bond acceptors (Lipinski definition) is 2. The fourth-order valence-corrected chi connectivity index (χ4v) is 2.66. The summed E-state index contributed by atoms with van der Waals surface area (Å²) in [5.41, 5.74) is 8.15. The molecule has 1 aromatic carbocycles. The van der Waals surface area contributed by atoms with Crippen LogP contribution in [-0.4, -0.2) is 11.9 Å². The van der Waals surface area contributed by atoms with Gasteiger partial charge in [0.1, 0.15) is 0 Å². The maximum atomic E-state index is 12.3. The summed E-state index contributed by atoms with van der Waals surface area (Å²) in [6, 6.07) is 7.99. The first kappa shape index (κ1) is 13.1. The normalized spacial score (nSPS) is 23.7. The third-order valence-corrected chi connectivity index (χ3v) is 3.81. The number of benzene rings is 1. The second-order valence-electron chi connectivity index (χ2n) is 5.05. The SMILES string of the molecule is CCc1ccccc1NC(=O)C1CCCCC1N. The summed E-state index contributed by atoms with van der Waals surface area (Å²) in [6.07, 6.45) is 5.07. The van der Waals surface area contributed by atoms with Crippen molar-refractivity contribution in [3.63, 3.8) is 0 Å². The molecule has 0 aromatic heterocycles. The van der Waals surface area contributed by atoms with Gasteiger partial charge in [0.15, 0.2) is 0 Å². The van der Waals surface area contributed by atoms with Crippen molar-refractivity contribution in [1.29, 1.82) is 0 Å². The second kappa shape index (κ2) is 6.01. The van der Waals surface area contributed by atoms with E-state index in [1.54, 1.807) is 0 Å². The molecule has 1 saturated carbocycles. The average molecular weight is 246 g/mol. The number of nitrogens with one attached hydrogen (secondary N) is 1. The minimum atomic E-state index is -0.0244. The molecular weight excluding hydrogens is 224 g/mol. The predicted octanol–water partition coefficient (Wildman–Crippen LogP) is 2.71. The van der Waals surface area contributed by atoms with Crippen molar-refractivity contribution in [1.82, 2.24) is 0 Å². The third-order valence-electron chi connectivity index (χ3n) is 3.81. The summed E-state index contributed by atoms with van der Waals surface area (Å²) in [5.74, 6) is 0.0618. The van der Waals surface area contributed by atoms with Gasteiger partial charge in [-0.15, -0.1) is 0 Å². The van der Waals surface area contributed by atoms with Gasteiger partial charge in [-0.3, -0.25) is 4.79 Å². The van der Waals surface area contributed by atoms with Crippen LogP contribution in [0.25, 0.3) is 0 Å². The lowest BCUT2D eigenvalue weighted by molar-refractivity contribution is -0.121. The lowest BCUT2D eigenvalue weighted by atomic mass is 9.84. The molecule has 0 radical (unpaired) electrons. The Bertz CT molecular complexity index is 417. The first-order valence-electron chi connectivity index (χ1n) is 6.86. The van der Waals surface area contributed by atoms with Crippen LogP contribution >= 0.6 is 0 Å². The van der Waals surface area contributed by atoms with Crippen molar-refractivity contribution >= 4 is 11.6 Å². The number of para-hydroxylation sites is 1. The summed E-state index contributed by atoms with van der Waals surface area (Å²) in [4.78, 5) is 12.3. The largest absolute Gasteiger partial charge is 0.327 e. The maximum absolute atomic E-state index is 12.3. The molecule has 0 aliphatic heterocycles. The van der Waals surface area contributed by atoms with E-state index < -0.39 is 0 Å². The van der Waals surface area contributed by atoms with Crippen molar-refractivity contribution < 1.29 is 4.79 Å². The van der Waals surface area contributed by atoms with Gasteiger partial charge in [-0.1, -0.05) is 38.0 Å². The number of amides is 1. The third kappa shape index (κ3) is 2.91. The van der Waals surface area contributed by atoms with Crippen LogP contribution in [0.1, 0.15) is 38.2 Å². The molecule has 2 unspecified atom stereocenters. The number of nitrogens with two attached hydrogens (primary N) is 1. The molecular formula is C15H22N2O. The number of hydrogen-bond donors (Lipinski definition) is 2. The Kier molecular flexibility index (Phi) is 4.37. The molecule has 3 N–H and O–H groups in total. The minimum absolute atomic E-state index is 0.0209. The Morgan fingerprint density at radius 1 is 1.33 bits per heavy atom. The van der Waals surface area contributed by atoms with Gasteiger partial charge in [0, 0.05) is 11.7 Å². The summed E-state index contributed by atoms with van der Waals surface area (Å²) >= 11 is 0. The fraction of sp³-hybridized carbons (Fsp3) is 0.533. The standard InChI is InChI=1S/C15H22N2O/c1-2-11-7-3-6-10-14(11)17-15(18)12-8-4-5-9-13(12)16/h3,6-7,10,12-13H,2,4-5,8-9,16H2,1H3,(H,17,18). The first-order valence-corrected chi connectivity index (χ1v) is 6.86. The molecule has 1 aromatic rings. The molecule has 1 aliphatic rings. The molecule has 0 spiro atoms. The van der Waals surface area contributed by atoms with E-state index >= 15 is 0 Å². The van der Waals surface area contributed by atoms with Crippen molar-refractivity contribution in [2.75, 3.05) is 5.32 Å². The Balaban J connectivity index is 2.06. The van der Waals surface area contributed by atoms with E-state index in [-0.39, 0.29) is 17.9 Å². The highest BCUT2D eigenvalue weighted by atomic mass is 16.1. The number of carbonyl (C=O) groups excluding carboxylic acids is 1. The van der Waals surface area contributed by atoms with Crippen LogP contribution < -0.4 is 11.1 Å². The molecule has 18 heavy (non-hydrogen) atoms. The van der Waals surface area contributed by atoms with Crippen LogP contribution in [-0.2, 0) is 11.2 Å². The highest BCUT2D eigenvalue weighted by molar-refractivity contribution is 5.93. The van der Waals surface area contributed by atoms with Gasteiger partial charge < -0.3 is 11.1 Å². The molecule has 0 bridgehead atoms. The van der Waals surface area contributed by atoms with Gasteiger partial charge in [-0.25, -0.2) is 0 Å². The second-order valence-corrected chi connectivity index (χ2v) is 5.05. The van der Waals surface area contributed by atoms with Crippen molar-refractivity contribution in [3.8, 4) is 0 Å². The van der Waals surface area contributed by atoms with Crippen molar-refractivity contribution in [2.24, 2.45) is 11.7 Å². The lowest BCUT2D eigenvalue weighted by Crippen LogP contribution is -2.40. The number of carbonyl (C=O) groups is 1. The molecule has 1 amide bonds. The predicted molar refractivity (Wildman–Crippen MR) is 74.4 cm³/mol. The first-order chi connectivity index (χ1) is 8.72. The van der Waals surface area contributed by atoms with Crippen molar-refractivity contribution in [2.45, 2.75) is 45.1 Å². The quantitative estimate of drug-likeness (QED) is 0.861. The Morgan fingerprint density at radius 2 is 2.06 bits per heavy atom. The van der Waals surface area contributed by atoms with E-state index in [9.17, 15) is 4.79 Å². The Labute approximate surface area is 109 Å². The summed E-state index contributed by atoms with van der Waals surface area (Å²) in [6.45, 7) is 2.09. The number of anilines is 1. The highest BCUT2D eigenvalue weighted by Crippen LogP contribution is 2.25. The van der Waals surface area contributed by atoms with E-state index in [1.165, 1.54) is 5.56 Å². The van der Waals surface area contributed by atoms with Crippen LogP contribution in [0.2, 0.25) is 0 Å². The fourth-order valence-electron chi connectivity index (χ4n) is 2.66. The number of aryl methyl sites for hydroxylation is 1. The number of rotatable bonds is 3. The van der Waals surface area contributed by atoms with E-state index in [4.69, 9.17) is 5.73 Å². The van der Waals surface area contributed by atoms with E-state index in [0.29, 0.717) is 0 Å².